The molecule has 0 saturated carbocycles. The molecule has 0 aliphatic carbocycles. The minimum Gasteiger partial charge on any atom is -0.379 e. The molecule has 0 amide bonds. The number of halogens is 1. The van der Waals surface area contributed by atoms with Gasteiger partial charge in [-0.15, -0.1) is 0 Å². The number of hydrogen-bond donors (Lipinski definition) is 0. The molecule has 5 nitrogen and oxygen atoms in total. The fourth-order valence-electron chi connectivity index (χ4n) is 2.31. The molecule has 2 aliphatic heterocycles. The summed E-state index contributed by atoms with van der Waals surface area (Å²) in [5.41, 5.74) is 0. The smallest absolute Gasteiger partial charge is 0.220 e. The van der Waals surface area contributed by atoms with Crippen LogP contribution < -0.4 is 0 Å². The zero-order chi connectivity index (χ0) is 14.4. The van der Waals surface area contributed by atoms with E-state index in [1.807, 2.05) is 18.7 Å². The van der Waals surface area contributed by atoms with Crippen molar-refractivity contribution in [3.05, 3.63) is 0 Å². The van der Waals surface area contributed by atoms with E-state index < -0.39 is 0 Å². The number of nitrogens with zero attached hydrogens (tertiary/aromatic N) is 4. The summed E-state index contributed by atoms with van der Waals surface area (Å²) in [6, 6.07) is 0. The lowest BCUT2D eigenvalue weighted by Crippen LogP contribution is -2.41. The van der Waals surface area contributed by atoms with Crippen LogP contribution >= 0.6 is 23.4 Å². The van der Waals surface area contributed by atoms with E-state index in [2.05, 4.69) is 26.7 Å². The van der Waals surface area contributed by atoms with Crippen molar-refractivity contribution in [2.75, 3.05) is 50.9 Å². The van der Waals surface area contributed by atoms with Gasteiger partial charge in [0.25, 0.3) is 0 Å². The van der Waals surface area contributed by atoms with Gasteiger partial charge in [0.05, 0.1) is 13.2 Å². The Morgan fingerprint density at radius 2 is 1.85 bits per heavy atom. The highest BCUT2D eigenvalue weighted by Crippen LogP contribution is 2.11. The van der Waals surface area contributed by atoms with Crippen LogP contribution in [0.5, 0.6) is 0 Å². The first-order chi connectivity index (χ1) is 9.66. The van der Waals surface area contributed by atoms with Crippen LogP contribution in [0.25, 0.3) is 0 Å². The van der Waals surface area contributed by atoms with E-state index in [0.717, 1.165) is 56.7 Å². The number of rotatable bonds is 2. The molecular formula is C13H23ClN4OS. The van der Waals surface area contributed by atoms with Crippen molar-refractivity contribution >= 4 is 34.5 Å². The van der Waals surface area contributed by atoms with Gasteiger partial charge in [-0.25, -0.2) is 9.98 Å². The van der Waals surface area contributed by atoms with Crippen molar-refractivity contribution in [2.45, 2.75) is 20.0 Å². The molecular weight excluding hydrogens is 296 g/mol. The second-order valence-electron chi connectivity index (χ2n) is 4.94. The third-order valence-corrected chi connectivity index (χ3v) is 4.71. The lowest BCUT2D eigenvalue weighted by atomic mass is 10.4. The summed E-state index contributed by atoms with van der Waals surface area (Å²) in [6.45, 7) is 9.49. The van der Waals surface area contributed by atoms with Gasteiger partial charge in [0.1, 0.15) is 12.0 Å². The molecule has 2 rings (SSSR count). The molecule has 0 radical (unpaired) electrons. The Hall–Kier alpha value is -0.300. The molecule has 2 fully saturated rings. The van der Waals surface area contributed by atoms with Gasteiger partial charge < -0.3 is 9.64 Å². The minimum atomic E-state index is 0.0554. The maximum atomic E-state index is 6.18. The fraction of sp³-hybridized carbons (Fsp3) is 0.846. The minimum absolute atomic E-state index is 0.0554. The van der Waals surface area contributed by atoms with E-state index in [9.17, 15) is 0 Å². The second kappa shape index (κ2) is 8.22. The van der Waals surface area contributed by atoms with Crippen LogP contribution in [-0.2, 0) is 4.74 Å². The maximum absolute atomic E-state index is 6.18. The lowest BCUT2D eigenvalue weighted by molar-refractivity contribution is 0.0220. The van der Waals surface area contributed by atoms with Crippen LogP contribution in [0.1, 0.15) is 13.8 Å². The monoisotopic (exact) mass is 318 g/mol. The molecule has 2 aliphatic rings. The van der Waals surface area contributed by atoms with Crippen molar-refractivity contribution in [2.24, 2.45) is 9.98 Å². The van der Waals surface area contributed by atoms with Crippen molar-refractivity contribution in [1.82, 2.24) is 9.80 Å². The largest absolute Gasteiger partial charge is 0.379 e. The predicted molar refractivity (Wildman–Crippen MR) is 87.1 cm³/mol. The summed E-state index contributed by atoms with van der Waals surface area (Å²) in [6.07, 6.45) is 0.0554. The van der Waals surface area contributed by atoms with E-state index in [-0.39, 0.29) is 6.17 Å². The molecule has 0 aromatic heterocycles. The molecule has 2 saturated heterocycles. The first-order valence-corrected chi connectivity index (χ1v) is 8.63. The van der Waals surface area contributed by atoms with Gasteiger partial charge in [0.2, 0.25) is 5.29 Å². The Morgan fingerprint density at radius 3 is 2.50 bits per heavy atom. The van der Waals surface area contributed by atoms with Crippen LogP contribution in [0.15, 0.2) is 9.98 Å². The quantitative estimate of drug-likeness (QED) is 0.442. The molecule has 0 N–H and O–H groups in total. The molecule has 0 spiro atoms. The van der Waals surface area contributed by atoms with Gasteiger partial charge in [-0.05, 0) is 25.4 Å². The van der Waals surface area contributed by atoms with Crippen LogP contribution in [0.4, 0.5) is 0 Å². The number of amidine groups is 2. The predicted octanol–water partition coefficient (Wildman–Crippen LogP) is 1.73. The van der Waals surface area contributed by atoms with E-state index in [4.69, 9.17) is 16.3 Å². The van der Waals surface area contributed by atoms with Crippen molar-refractivity contribution in [3.8, 4) is 0 Å². The first kappa shape index (κ1) is 16.1. The Balaban J connectivity index is 1.90. The van der Waals surface area contributed by atoms with Crippen LogP contribution in [0.2, 0.25) is 0 Å². The average Bonchev–Trinajstić information content (AvgIpc) is 2.49. The molecule has 2 heterocycles. The molecule has 1 unspecified atom stereocenters. The number of ether oxygens (including phenoxy) is 1. The van der Waals surface area contributed by atoms with E-state index in [1.54, 1.807) is 0 Å². The number of aliphatic imine (C=N–C) groups is 2. The Labute approximate surface area is 130 Å². The van der Waals surface area contributed by atoms with Crippen molar-refractivity contribution < 1.29 is 4.74 Å². The fourth-order valence-corrected chi connectivity index (χ4v) is 3.47. The SMILES string of the molecule is CC(=NC(Cl)=NC(C)N1CCOCC1)N1CCSCC1. The van der Waals surface area contributed by atoms with Crippen molar-refractivity contribution in [3.63, 3.8) is 0 Å². The third-order valence-electron chi connectivity index (χ3n) is 3.59. The molecule has 0 bridgehead atoms. The molecule has 0 aromatic rings. The molecule has 20 heavy (non-hydrogen) atoms. The maximum Gasteiger partial charge on any atom is 0.220 e. The highest BCUT2D eigenvalue weighted by molar-refractivity contribution is 7.99. The Kier molecular flexibility index (Phi) is 6.61. The van der Waals surface area contributed by atoms with E-state index >= 15 is 0 Å². The second-order valence-corrected chi connectivity index (χ2v) is 6.50. The first-order valence-electron chi connectivity index (χ1n) is 7.10. The number of hydrogen-bond acceptors (Lipinski definition) is 4. The third kappa shape index (κ3) is 4.91. The number of thioether (sulfide) groups is 1. The van der Waals surface area contributed by atoms with Gasteiger partial charge in [-0.2, -0.15) is 11.8 Å². The lowest BCUT2D eigenvalue weighted by Gasteiger charge is -2.30. The Bertz CT molecular complexity index is 365. The van der Waals surface area contributed by atoms with Gasteiger partial charge in [0, 0.05) is 37.7 Å². The molecule has 7 heteroatoms. The van der Waals surface area contributed by atoms with Gasteiger partial charge in [-0.3, -0.25) is 4.90 Å². The van der Waals surface area contributed by atoms with Gasteiger partial charge >= 0.3 is 0 Å². The van der Waals surface area contributed by atoms with E-state index in [1.165, 1.54) is 0 Å². The van der Waals surface area contributed by atoms with Crippen LogP contribution in [0, 0.1) is 0 Å². The highest BCUT2D eigenvalue weighted by Gasteiger charge is 2.17. The summed E-state index contributed by atoms with van der Waals surface area (Å²) in [5.74, 6) is 3.28. The van der Waals surface area contributed by atoms with Crippen LogP contribution in [0.3, 0.4) is 0 Å². The summed E-state index contributed by atoms with van der Waals surface area (Å²) in [7, 11) is 0. The summed E-state index contributed by atoms with van der Waals surface area (Å²) >= 11 is 8.17. The molecule has 0 aromatic carbocycles. The molecule has 114 valence electrons. The van der Waals surface area contributed by atoms with E-state index in [0.29, 0.717) is 5.29 Å². The average molecular weight is 319 g/mol. The zero-order valence-electron chi connectivity index (χ0n) is 12.2. The van der Waals surface area contributed by atoms with Gasteiger partial charge in [0.15, 0.2) is 0 Å². The summed E-state index contributed by atoms with van der Waals surface area (Å²) in [4.78, 5) is 13.4. The number of morpholine rings is 1. The van der Waals surface area contributed by atoms with Gasteiger partial charge in [-0.1, -0.05) is 0 Å². The molecule has 1 atom stereocenters. The highest BCUT2D eigenvalue weighted by atomic mass is 35.5. The Morgan fingerprint density at radius 1 is 1.20 bits per heavy atom. The van der Waals surface area contributed by atoms with Crippen molar-refractivity contribution in [1.29, 1.82) is 0 Å². The summed E-state index contributed by atoms with van der Waals surface area (Å²) < 4.78 is 5.34. The zero-order valence-corrected chi connectivity index (χ0v) is 13.8. The summed E-state index contributed by atoms with van der Waals surface area (Å²) in [5, 5.41) is 0.347. The normalized spacial score (nSPS) is 24.9. The topological polar surface area (TPSA) is 40.4 Å². The van der Waals surface area contributed by atoms with Crippen LogP contribution in [-0.4, -0.2) is 78.0 Å². The standard InChI is InChI=1S/C13H23ClN4OS/c1-11(17-3-7-19-8-4-17)15-13(14)16-12(2)18-5-9-20-10-6-18/h11H,3-10H2,1-2H3.